The van der Waals surface area contributed by atoms with Gasteiger partial charge in [0, 0.05) is 0 Å². The maximum absolute atomic E-state index is 12.4. The zero-order chi connectivity index (χ0) is 38.0. The minimum absolute atomic E-state index is 0.000540. The number of aliphatic hydroxyl groups excluding tert-OH is 3. The first-order valence-corrected chi connectivity index (χ1v) is 22.1. The molecule has 52 heavy (non-hydrogen) atoms. The van der Waals surface area contributed by atoms with Crippen LogP contribution >= 0.6 is 0 Å². The van der Waals surface area contributed by atoms with Crippen molar-refractivity contribution in [3.8, 4) is 0 Å². The molecule has 0 bridgehead atoms. The lowest BCUT2D eigenvalue weighted by Gasteiger charge is -2.21. The zero-order valence-corrected chi connectivity index (χ0v) is 34.2. The summed E-state index contributed by atoms with van der Waals surface area (Å²) in [5.74, 6) is -0.332. The van der Waals surface area contributed by atoms with Gasteiger partial charge in [0.15, 0.2) is 0 Å². The van der Waals surface area contributed by atoms with Crippen molar-refractivity contribution >= 4 is 5.91 Å². The standard InChI is InChI=1S/C47H85NO4/c1-3-5-7-9-11-13-15-17-19-21-23-24-26-28-30-32-34-36-38-40-44(50)42-47(52)48-45(43-49)46(51)41-39-37-35-33-31-29-27-25-22-20-18-16-14-12-10-8-6-4-2/h5,7,11,13,22,25,31,33,39,41,44-46,49-51H,3-4,6,8-10,12,14-21,23-24,26-30,32,34-38,40,42-43H2,1-2H3,(H,48,52)/b7-5-,13-11-,25-22+,33-31+,41-39+. The molecule has 0 spiro atoms. The van der Waals surface area contributed by atoms with E-state index in [0.29, 0.717) is 6.42 Å². The van der Waals surface area contributed by atoms with Gasteiger partial charge in [0.2, 0.25) is 5.91 Å². The summed E-state index contributed by atoms with van der Waals surface area (Å²) in [6, 6.07) is -0.769. The molecule has 0 aliphatic rings. The molecule has 0 rings (SSSR count). The summed E-state index contributed by atoms with van der Waals surface area (Å²) in [4.78, 5) is 12.4. The van der Waals surface area contributed by atoms with Gasteiger partial charge < -0.3 is 20.6 Å². The minimum atomic E-state index is -0.961. The second kappa shape index (κ2) is 41.8. The largest absolute Gasteiger partial charge is 0.394 e. The number of nitrogens with one attached hydrogen (secondary N) is 1. The lowest BCUT2D eigenvalue weighted by atomic mass is 10.0. The van der Waals surface area contributed by atoms with Gasteiger partial charge in [-0.1, -0.05) is 190 Å². The summed E-state index contributed by atoms with van der Waals surface area (Å²) < 4.78 is 0. The molecule has 4 N–H and O–H groups in total. The quantitative estimate of drug-likeness (QED) is 0.0375. The van der Waals surface area contributed by atoms with Crippen LogP contribution in [0.4, 0.5) is 0 Å². The van der Waals surface area contributed by atoms with Gasteiger partial charge in [-0.15, -0.1) is 0 Å². The number of carbonyl (C=O) groups is 1. The van der Waals surface area contributed by atoms with Crippen molar-refractivity contribution in [3.05, 3.63) is 60.8 Å². The van der Waals surface area contributed by atoms with E-state index in [2.05, 4.69) is 67.8 Å². The van der Waals surface area contributed by atoms with E-state index in [1.807, 2.05) is 6.08 Å². The molecule has 0 aromatic carbocycles. The Labute approximate surface area is 322 Å². The smallest absolute Gasteiger partial charge is 0.222 e. The van der Waals surface area contributed by atoms with E-state index in [-0.39, 0.29) is 18.9 Å². The van der Waals surface area contributed by atoms with Gasteiger partial charge in [-0.2, -0.15) is 0 Å². The molecule has 0 aliphatic heterocycles. The van der Waals surface area contributed by atoms with E-state index in [0.717, 1.165) is 51.4 Å². The van der Waals surface area contributed by atoms with Crippen molar-refractivity contribution < 1.29 is 20.1 Å². The Morgan fingerprint density at radius 1 is 0.519 bits per heavy atom. The van der Waals surface area contributed by atoms with E-state index >= 15 is 0 Å². The van der Waals surface area contributed by atoms with Gasteiger partial charge in [0.05, 0.1) is 31.3 Å². The summed E-state index contributed by atoms with van der Waals surface area (Å²) in [5.41, 5.74) is 0. The fraction of sp³-hybridized carbons (Fsp3) is 0.766. The number of rotatable bonds is 39. The van der Waals surface area contributed by atoms with E-state index in [4.69, 9.17) is 0 Å². The van der Waals surface area contributed by atoms with Gasteiger partial charge in [0.1, 0.15) is 0 Å². The van der Waals surface area contributed by atoms with Crippen molar-refractivity contribution in [2.45, 2.75) is 225 Å². The molecule has 3 atom stereocenters. The fourth-order valence-corrected chi connectivity index (χ4v) is 6.41. The molecular formula is C47H85NO4. The Balaban J connectivity index is 3.73. The molecule has 302 valence electrons. The van der Waals surface area contributed by atoms with Crippen LogP contribution in [0.5, 0.6) is 0 Å². The third-order valence-corrected chi connectivity index (χ3v) is 9.77. The van der Waals surface area contributed by atoms with Crippen LogP contribution in [-0.2, 0) is 4.79 Å². The summed E-state index contributed by atoms with van der Waals surface area (Å²) in [6.45, 7) is 4.09. The average Bonchev–Trinajstić information content (AvgIpc) is 3.14. The second-order valence-electron chi connectivity index (χ2n) is 14.9. The highest BCUT2D eigenvalue weighted by atomic mass is 16.3. The topological polar surface area (TPSA) is 89.8 Å². The van der Waals surface area contributed by atoms with Gasteiger partial charge in [-0.3, -0.25) is 4.79 Å². The normalized spacial score (nSPS) is 14.2. The van der Waals surface area contributed by atoms with E-state index in [1.54, 1.807) is 6.08 Å². The van der Waals surface area contributed by atoms with Gasteiger partial charge in [-0.05, 0) is 70.6 Å². The summed E-state index contributed by atoms with van der Waals surface area (Å²) in [6.07, 6.45) is 55.0. The number of carbonyl (C=O) groups excluding carboxylic acids is 1. The van der Waals surface area contributed by atoms with Gasteiger partial charge >= 0.3 is 0 Å². The van der Waals surface area contributed by atoms with Crippen molar-refractivity contribution in [1.82, 2.24) is 5.32 Å². The summed E-state index contributed by atoms with van der Waals surface area (Å²) in [5, 5.41) is 33.2. The predicted molar refractivity (Wildman–Crippen MR) is 227 cm³/mol. The first-order chi connectivity index (χ1) is 25.5. The van der Waals surface area contributed by atoms with E-state index < -0.39 is 18.2 Å². The molecule has 0 heterocycles. The first kappa shape index (κ1) is 50.1. The zero-order valence-electron chi connectivity index (χ0n) is 34.2. The molecule has 0 radical (unpaired) electrons. The van der Waals surface area contributed by atoms with E-state index in [1.165, 1.54) is 128 Å². The number of amides is 1. The Bertz CT molecular complexity index is 892. The minimum Gasteiger partial charge on any atom is -0.394 e. The molecule has 0 aromatic rings. The molecule has 0 aliphatic carbocycles. The van der Waals surface area contributed by atoms with Crippen molar-refractivity contribution in [2.24, 2.45) is 0 Å². The molecule has 0 saturated heterocycles. The second-order valence-corrected chi connectivity index (χ2v) is 14.9. The van der Waals surface area contributed by atoms with Crippen LogP contribution in [0.3, 0.4) is 0 Å². The number of aliphatic hydroxyl groups is 3. The number of hydrogen-bond acceptors (Lipinski definition) is 4. The number of allylic oxidation sites excluding steroid dienone is 9. The van der Waals surface area contributed by atoms with Crippen molar-refractivity contribution in [1.29, 1.82) is 0 Å². The van der Waals surface area contributed by atoms with Crippen LogP contribution in [0.25, 0.3) is 0 Å². The van der Waals surface area contributed by atoms with Crippen LogP contribution in [0, 0.1) is 0 Å². The van der Waals surface area contributed by atoms with E-state index in [9.17, 15) is 20.1 Å². The monoisotopic (exact) mass is 728 g/mol. The third-order valence-electron chi connectivity index (χ3n) is 9.77. The van der Waals surface area contributed by atoms with Crippen molar-refractivity contribution in [2.75, 3.05) is 6.61 Å². The lowest BCUT2D eigenvalue weighted by molar-refractivity contribution is -0.124. The van der Waals surface area contributed by atoms with Gasteiger partial charge in [0.25, 0.3) is 0 Å². The Morgan fingerprint density at radius 3 is 1.44 bits per heavy atom. The molecule has 3 unspecified atom stereocenters. The van der Waals surface area contributed by atoms with Crippen LogP contribution in [-0.4, -0.2) is 46.1 Å². The summed E-state index contributed by atoms with van der Waals surface area (Å²) in [7, 11) is 0. The molecule has 5 nitrogen and oxygen atoms in total. The molecule has 5 heteroatoms. The number of unbranched alkanes of at least 4 members (excludes halogenated alkanes) is 22. The molecule has 1 amide bonds. The van der Waals surface area contributed by atoms with Crippen LogP contribution < -0.4 is 5.32 Å². The lowest BCUT2D eigenvalue weighted by Crippen LogP contribution is -2.45. The SMILES string of the molecule is CC/C=C\C/C=C\CCCCCCCCCCCCCCC(O)CC(=O)NC(CO)C(O)/C=C/CC/C=C/CC/C=C/CCCCCCCCCC. The van der Waals surface area contributed by atoms with Crippen molar-refractivity contribution in [3.63, 3.8) is 0 Å². The maximum Gasteiger partial charge on any atom is 0.222 e. The Kier molecular flexibility index (Phi) is 40.2. The highest BCUT2D eigenvalue weighted by Crippen LogP contribution is 2.15. The average molecular weight is 728 g/mol. The number of hydrogen-bond donors (Lipinski definition) is 4. The highest BCUT2D eigenvalue weighted by molar-refractivity contribution is 5.76. The predicted octanol–water partition coefficient (Wildman–Crippen LogP) is 12.7. The fourth-order valence-electron chi connectivity index (χ4n) is 6.41. The Morgan fingerprint density at radius 2 is 0.942 bits per heavy atom. The van der Waals surface area contributed by atoms with Crippen LogP contribution in [0.2, 0.25) is 0 Å². The third kappa shape index (κ3) is 37.8. The molecular weight excluding hydrogens is 643 g/mol. The maximum atomic E-state index is 12.4. The molecule has 0 aromatic heterocycles. The summed E-state index contributed by atoms with van der Waals surface area (Å²) >= 11 is 0. The Hall–Kier alpha value is -1.95. The first-order valence-electron chi connectivity index (χ1n) is 22.1. The van der Waals surface area contributed by atoms with Crippen LogP contribution in [0.15, 0.2) is 60.8 Å². The van der Waals surface area contributed by atoms with Crippen LogP contribution in [0.1, 0.15) is 206 Å². The highest BCUT2D eigenvalue weighted by Gasteiger charge is 2.20. The molecule has 0 fully saturated rings. The van der Waals surface area contributed by atoms with Gasteiger partial charge in [-0.25, -0.2) is 0 Å². The molecule has 0 saturated carbocycles.